The first-order chi connectivity index (χ1) is 12.0. The van der Waals surface area contributed by atoms with Gasteiger partial charge in [0.05, 0.1) is 12.1 Å². The van der Waals surface area contributed by atoms with Crippen LogP contribution in [-0.4, -0.2) is 25.1 Å². The van der Waals surface area contributed by atoms with Gasteiger partial charge in [-0.15, -0.1) is 0 Å². The Morgan fingerprint density at radius 2 is 1.64 bits per heavy atom. The second-order valence-corrected chi connectivity index (χ2v) is 5.57. The van der Waals surface area contributed by atoms with E-state index in [0.29, 0.717) is 6.54 Å². The molecule has 0 aliphatic heterocycles. The predicted molar refractivity (Wildman–Crippen MR) is 92.6 cm³/mol. The van der Waals surface area contributed by atoms with Gasteiger partial charge in [0, 0.05) is 6.54 Å². The van der Waals surface area contributed by atoms with Gasteiger partial charge in [0.25, 0.3) is 0 Å². The SMILES string of the molecule is CCNC(=O)[C@@H](C)N[C@@H](c1ccccc1)c1ccc(OC(F)F)cc1. The molecule has 2 aromatic carbocycles. The molecule has 6 heteroatoms. The second kappa shape index (κ2) is 9.13. The monoisotopic (exact) mass is 348 g/mol. The smallest absolute Gasteiger partial charge is 0.387 e. The summed E-state index contributed by atoms with van der Waals surface area (Å²) in [6.07, 6.45) is 0. The lowest BCUT2D eigenvalue weighted by Crippen LogP contribution is -2.43. The highest BCUT2D eigenvalue weighted by Crippen LogP contribution is 2.25. The van der Waals surface area contributed by atoms with Crippen molar-refractivity contribution in [3.05, 3.63) is 65.7 Å². The molecular formula is C19H22F2N2O2. The number of alkyl halides is 2. The molecule has 2 aromatic rings. The summed E-state index contributed by atoms with van der Waals surface area (Å²) < 4.78 is 29.0. The summed E-state index contributed by atoms with van der Waals surface area (Å²) in [6.45, 7) is 1.35. The molecule has 2 N–H and O–H groups in total. The summed E-state index contributed by atoms with van der Waals surface area (Å²) in [5, 5.41) is 6.07. The van der Waals surface area contributed by atoms with Crippen molar-refractivity contribution in [2.24, 2.45) is 0 Å². The number of likely N-dealkylation sites (N-methyl/N-ethyl adjacent to an activating group) is 1. The molecule has 0 aromatic heterocycles. The van der Waals surface area contributed by atoms with Crippen LogP contribution in [0.5, 0.6) is 5.75 Å². The molecule has 0 bridgehead atoms. The van der Waals surface area contributed by atoms with Gasteiger partial charge in [0.15, 0.2) is 0 Å². The molecule has 2 rings (SSSR count). The number of hydrogen-bond acceptors (Lipinski definition) is 3. The zero-order valence-corrected chi connectivity index (χ0v) is 14.2. The Morgan fingerprint density at radius 3 is 2.20 bits per heavy atom. The van der Waals surface area contributed by atoms with E-state index in [2.05, 4.69) is 15.4 Å². The Labute approximate surface area is 146 Å². The van der Waals surface area contributed by atoms with Gasteiger partial charge < -0.3 is 10.1 Å². The van der Waals surface area contributed by atoms with Gasteiger partial charge in [-0.2, -0.15) is 8.78 Å². The fourth-order valence-corrected chi connectivity index (χ4v) is 2.53. The van der Waals surface area contributed by atoms with Crippen LogP contribution in [0.4, 0.5) is 8.78 Å². The van der Waals surface area contributed by atoms with Crippen molar-refractivity contribution in [1.82, 2.24) is 10.6 Å². The molecule has 0 aliphatic rings. The van der Waals surface area contributed by atoms with Crippen molar-refractivity contribution >= 4 is 5.91 Å². The Kier molecular flexibility index (Phi) is 6.89. The summed E-state index contributed by atoms with van der Waals surface area (Å²) in [6, 6.07) is 15.4. The van der Waals surface area contributed by atoms with Crippen LogP contribution in [0.3, 0.4) is 0 Å². The summed E-state index contributed by atoms with van der Waals surface area (Å²) in [4.78, 5) is 12.0. The molecule has 0 saturated heterocycles. The Balaban J connectivity index is 2.24. The largest absolute Gasteiger partial charge is 0.435 e. The molecule has 1 amide bonds. The zero-order chi connectivity index (χ0) is 18.2. The van der Waals surface area contributed by atoms with Crippen molar-refractivity contribution in [3.8, 4) is 5.75 Å². The van der Waals surface area contributed by atoms with Crippen molar-refractivity contribution in [1.29, 1.82) is 0 Å². The molecule has 0 unspecified atom stereocenters. The fraction of sp³-hybridized carbons (Fsp3) is 0.316. The van der Waals surface area contributed by atoms with Gasteiger partial charge in [0.2, 0.25) is 5.91 Å². The van der Waals surface area contributed by atoms with E-state index in [1.807, 2.05) is 37.3 Å². The first kappa shape index (κ1) is 18.9. The number of halogens is 2. The summed E-state index contributed by atoms with van der Waals surface area (Å²) in [5.74, 6) is 0.00317. The van der Waals surface area contributed by atoms with E-state index in [-0.39, 0.29) is 17.7 Å². The van der Waals surface area contributed by atoms with Crippen molar-refractivity contribution < 1.29 is 18.3 Å². The molecule has 134 valence electrons. The van der Waals surface area contributed by atoms with E-state index < -0.39 is 12.7 Å². The van der Waals surface area contributed by atoms with Gasteiger partial charge in [-0.3, -0.25) is 10.1 Å². The van der Waals surface area contributed by atoms with Crippen LogP contribution < -0.4 is 15.4 Å². The summed E-state index contributed by atoms with van der Waals surface area (Å²) in [7, 11) is 0. The lowest BCUT2D eigenvalue weighted by molar-refractivity contribution is -0.122. The molecule has 25 heavy (non-hydrogen) atoms. The van der Waals surface area contributed by atoms with Gasteiger partial charge in [-0.1, -0.05) is 42.5 Å². The lowest BCUT2D eigenvalue weighted by atomic mass is 9.97. The first-order valence-electron chi connectivity index (χ1n) is 8.14. The Bertz CT molecular complexity index is 663. The molecule has 0 saturated carbocycles. The second-order valence-electron chi connectivity index (χ2n) is 5.57. The number of benzene rings is 2. The van der Waals surface area contributed by atoms with Crippen molar-refractivity contribution in [3.63, 3.8) is 0 Å². The van der Waals surface area contributed by atoms with Gasteiger partial charge >= 0.3 is 6.61 Å². The van der Waals surface area contributed by atoms with E-state index in [9.17, 15) is 13.6 Å². The van der Waals surface area contributed by atoms with E-state index in [1.54, 1.807) is 19.1 Å². The van der Waals surface area contributed by atoms with Crippen LogP contribution in [0.15, 0.2) is 54.6 Å². The molecular weight excluding hydrogens is 326 g/mol. The third-order valence-corrected chi connectivity index (χ3v) is 3.73. The summed E-state index contributed by atoms with van der Waals surface area (Å²) >= 11 is 0. The molecule has 0 radical (unpaired) electrons. The number of carbonyl (C=O) groups is 1. The maximum atomic E-state index is 12.3. The number of rotatable bonds is 8. The van der Waals surface area contributed by atoms with E-state index in [4.69, 9.17) is 0 Å². The minimum Gasteiger partial charge on any atom is -0.435 e. The topological polar surface area (TPSA) is 50.4 Å². The molecule has 4 nitrogen and oxygen atoms in total. The highest BCUT2D eigenvalue weighted by molar-refractivity contribution is 5.81. The maximum Gasteiger partial charge on any atom is 0.387 e. The van der Waals surface area contributed by atoms with Crippen LogP contribution in [-0.2, 0) is 4.79 Å². The molecule has 0 aliphatic carbocycles. The lowest BCUT2D eigenvalue weighted by Gasteiger charge is -2.24. The highest BCUT2D eigenvalue weighted by atomic mass is 19.3. The van der Waals surface area contributed by atoms with E-state index >= 15 is 0 Å². The van der Waals surface area contributed by atoms with E-state index in [1.165, 1.54) is 12.1 Å². The third-order valence-electron chi connectivity index (χ3n) is 3.73. The van der Waals surface area contributed by atoms with Gasteiger partial charge in [0.1, 0.15) is 5.75 Å². The number of carbonyl (C=O) groups excluding carboxylic acids is 1. The first-order valence-corrected chi connectivity index (χ1v) is 8.14. The van der Waals surface area contributed by atoms with Crippen LogP contribution in [0.25, 0.3) is 0 Å². The minimum atomic E-state index is -2.85. The van der Waals surface area contributed by atoms with Gasteiger partial charge in [-0.25, -0.2) is 0 Å². The molecule has 0 heterocycles. The number of nitrogens with one attached hydrogen (secondary N) is 2. The Morgan fingerprint density at radius 1 is 1.04 bits per heavy atom. The predicted octanol–water partition coefficient (Wildman–Crippen LogP) is 3.49. The standard InChI is InChI=1S/C19H22F2N2O2/c1-3-22-18(24)13(2)23-17(14-7-5-4-6-8-14)15-9-11-16(12-10-15)25-19(20)21/h4-13,17,19,23H,3H2,1-2H3,(H,22,24)/t13-,17+/m1/s1. The average Bonchev–Trinajstić information content (AvgIpc) is 2.61. The maximum absolute atomic E-state index is 12.3. The quantitative estimate of drug-likeness (QED) is 0.768. The Hall–Kier alpha value is -2.47. The van der Waals surface area contributed by atoms with Crippen LogP contribution >= 0.6 is 0 Å². The van der Waals surface area contributed by atoms with Crippen molar-refractivity contribution in [2.75, 3.05) is 6.54 Å². The van der Waals surface area contributed by atoms with Crippen LogP contribution in [0, 0.1) is 0 Å². The molecule has 0 fully saturated rings. The van der Waals surface area contributed by atoms with E-state index in [0.717, 1.165) is 11.1 Å². The molecule has 0 spiro atoms. The average molecular weight is 348 g/mol. The van der Waals surface area contributed by atoms with Gasteiger partial charge in [-0.05, 0) is 37.1 Å². The minimum absolute atomic E-state index is 0.0962. The number of hydrogen-bond donors (Lipinski definition) is 2. The number of amides is 1. The van der Waals surface area contributed by atoms with Crippen LogP contribution in [0.2, 0.25) is 0 Å². The zero-order valence-electron chi connectivity index (χ0n) is 14.2. The van der Waals surface area contributed by atoms with Crippen molar-refractivity contribution in [2.45, 2.75) is 32.5 Å². The molecule has 2 atom stereocenters. The normalized spacial score (nSPS) is 13.3. The van der Waals surface area contributed by atoms with Crippen LogP contribution in [0.1, 0.15) is 31.0 Å². The summed E-state index contributed by atoms with van der Waals surface area (Å²) in [5.41, 5.74) is 1.82. The highest BCUT2D eigenvalue weighted by Gasteiger charge is 2.20. The fourth-order valence-electron chi connectivity index (χ4n) is 2.53. The number of ether oxygens (including phenoxy) is 1. The third kappa shape index (κ3) is 5.53.